The van der Waals surface area contributed by atoms with E-state index in [4.69, 9.17) is 15.4 Å². The molecule has 0 radical (unpaired) electrons. The number of hydrogen-bond acceptors (Lipinski definition) is 3. The SMILES string of the molecule is [N-]=[N+]=NC[C@@H](CO)COc1cccc(Br)c1. The van der Waals surface area contributed by atoms with Crippen LogP contribution >= 0.6 is 15.9 Å². The number of benzene rings is 1. The third-order valence-electron chi connectivity index (χ3n) is 1.94. The van der Waals surface area contributed by atoms with E-state index < -0.39 is 0 Å². The van der Waals surface area contributed by atoms with Crippen LogP contribution in [0.2, 0.25) is 0 Å². The van der Waals surface area contributed by atoms with E-state index in [0.717, 1.165) is 4.47 Å². The summed E-state index contributed by atoms with van der Waals surface area (Å²) < 4.78 is 6.39. The smallest absolute Gasteiger partial charge is 0.120 e. The lowest BCUT2D eigenvalue weighted by Gasteiger charge is -2.12. The van der Waals surface area contributed by atoms with E-state index in [-0.39, 0.29) is 19.1 Å². The van der Waals surface area contributed by atoms with Crippen LogP contribution in [0.1, 0.15) is 0 Å². The molecule has 1 aromatic rings. The summed E-state index contributed by atoms with van der Waals surface area (Å²) >= 11 is 3.33. The monoisotopic (exact) mass is 285 g/mol. The molecule has 1 N–H and O–H groups in total. The molecular formula is C10H12BrN3O2. The van der Waals surface area contributed by atoms with Gasteiger partial charge in [-0.1, -0.05) is 27.1 Å². The summed E-state index contributed by atoms with van der Waals surface area (Å²) in [4.78, 5) is 2.64. The average molecular weight is 286 g/mol. The summed E-state index contributed by atoms with van der Waals surface area (Å²) in [6.07, 6.45) is 0. The first-order valence-corrected chi connectivity index (χ1v) is 5.55. The van der Waals surface area contributed by atoms with Gasteiger partial charge in [0, 0.05) is 28.5 Å². The van der Waals surface area contributed by atoms with Crippen LogP contribution in [-0.4, -0.2) is 24.9 Å². The Bertz CT molecular complexity index is 380. The zero-order valence-electron chi connectivity index (χ0n) is 8.58. The highest BCUT2D eigenvalue weighted by molar-refractivity contribution is 9.10. The lowest BCUT2D eigenvalue weighted by atomic mass is 10.2. The third-order valence-corrected chi connectivity index (χ3v) is 2.44. The minimum absolute atomic E-state index is 0.0625. The Morgan fingerprint density at radius 1 is 1.56 bits per heavy atom. The Morgan fingerprint density at radius 2 is 2.38 bits per heavy atom. The highest BCUT2D eigenvalue weighted by atomic mass is 79.9. The van der Waals surface area contributed by atoms with Gasteiger partial charge in [-0.15, -0.1) is 0 Å². The predicted octanol–water partition coefficient (Wildman–Crippen LogP) is 2.75. The van der Waals surface area contributed by atoms with Gasteiger partial charge < -0.3 is 9.84 Å². The molecule has 0 aromatic heterocycles. The van der Waals surface area contributed by atoms with Crippen molar-refractivity contribution in [3.8, 4) is 5.75 Å². The van der Waals surface area contributed by atoms with Crippen molar-refractivity contribution >= 4 is 15.9 Å². The minimum atomic E-state index is -0.171. The number of aliphatic hydroxyl groups excluding tert-OH is 1. The summed E-state index contributed by atoms with van der Waals surface area (Å²) in [7, 11) is 0. The van der Waals surface area contributed by atoms with Gasteiger partial charge in [0.05, 0.1) is 6.61 Å². The summed E-state index contributed by atoms with van der Waals surface area (Å²) in [6.45, 7) is 0.500. The summed E-state index contributed by atoms with van der Waals surface area (Å²) in [5.41, 5.74) is 8.16. The average Bonchev–Trinajstić information content (AvgIpc) is 2.29. The molecule has 0 spiro atoms. The fourth-order valence-electron chi connectivity index (χ4n) is 1.09. The van der Waals surface area contributed by atoms with Crippen molar-refractivity contribution in [1.82, 2.24) is 0 Å². The van der Waals surface area contributed by atoms with Crippen molar-refractivity contribution in [3.05, 3.63) is 39.2 Å². The molecular weight excluding hydrogens is 274 g/mol. The van der Waals surface area contributed by atoms with E-state index in [1.54, 1.807) is 0 Å². The van der Waals surface area contributed by atoms with Crippen LogP contribution in [0.3, 0.4) is 0 Å². The molecule has 0 aliphatic rings. The van der Waals surface area contributed by atoms with Gasteiger partial charge in [0.15, 0.2) is 0 Å². The first-order chi connectivity index (χ1) is 7.76. The van der Waals surface area contributed by atoms with Crippen LogP contribution in [-0.2, 0) is 0 Å². The predicted molar refractivity (Wildman–Crippen MR) is 64.2 cm³/mol. The second-order valence-corrected chi connectivity index (χ2v) is 4.15. The molecule has 0 fully saturated rings. The Hall–Kier alpha value is -1.23. The van der Waals surface area contributed by atoms with Crippen LogP contribution in [0.25, 0.3) is 10.4 Å². The highest BCUT2D eigenvalue weighted by Crippen LogP contribution is 2.18. The molecule has 1 aromatic carbocycles. The van der Waals surface area contributed by atoms with Crippen LogP contribution in [0.5, 0.6) is 5.75 Å². The van der Waals surface area contributed by atoms with E-state index in [9.17, 15) is 0 Å². The molecule has 5 nitrogen and oxygen atoms in total. The second kappa shape index (κ2) is 7.11. The molecule has 86 valence electrons. The van der Waals surface area contributed by atoms with Crippen molar-refractivity contribution in [3.63, 3.8) is 0 Å². The standard InChI is InChI=1S/C10H12BrN3O2/c11-9-2-1-3-10(4-9)16-7-8(6-15)5-13-14-12/h1-4,8,15H,5-7H2/t8-/m0/s1. The second-order valence-electron chi connectivity index (χ2n) is 3.23. The van der Waals surface area contributed by atoms with Crippen LogP contribution in [0.15, 0.2) is 33.9 Å². The van der Waals surface area contributed by atoms with E-state index in [1.165, 1.54) is 0 Å². The van der Waals surface area contributed by atoms with Crippen molar-refractivity contribution < 1.29 is 9.84 Å². The van der Waals surface area contributed by atoms with Crippen molar-refractivity contribution in [2.45, 2.75) is 0 Å². The van der Waals surface area contributed by atoms with Crippen LogP contribution in [0.4, 0.5) is 0 Å². The Morgan fingerprint density at radius 3 is 3.00 bits per heavy atom. The van der Waals surface area contributed by atoms with E-state index in [1.807, 2.05) is 24.3 Å². The number of hydrogen-bond donors (Lipinski definition) is 1. The molecule has 16 heavy (non-hydrogen) atoms. The summed E-state index contributed by atoms with van der Waals surface area (Å²) in [6, 6.07) is 7.42. The normalized spacial score (nSPS) is 11.6. The van der Waals surface area contributed by atoms with Gasteiger partial charge in [-0.25, -0.2) is 0 Å². The quantitative estimate of drug-likeness (QED) is 0.495. The number of nitrogens with zero attached hydrogens (tertiary/aromatic N) is 3. The zero-order chi connectivity index (χ0) is 11.8. The molecule has 0 aliphatic carbocycles. The molecule has 6 heteroatoms. The first-order valence-electron chi connectivity index (χ1n) is 4.76. The molecule has 0 saturated carbocycles. The molecule has 0 aliphatic heterocycles. The van der Waals surface area contributed by atoms with E-state index in [0.29, 0.717) is 12.4 Å². The summed E-state index contributed by atoms with van der Waals surface area (Å²) in [5, 5.41) is 12.4. The topological polar surface area (TPSA) is 78.2 Å². The molecule has 0 bridgehead atoms. The number of rotatable bonds is 6. The maximum absolute atomic E-state index is 9.01. The first kappa shape index (κ1) is 12.8. The van der Waals surface area contributed by atoms with Crippen molar-refractivity contribution in [2.24, 2.45) is 11.0 Å². The van der Waals surface area contributed by atoms with E-state index in [2.05, 4.69) is 26.0 Å². The van der Waals surface area contributed by atoms with Gasteiger partial charge in [0.2, 0.25) is 0 Å². The van der Waals surface area contributed by atoms with Gasteiger partial charge in [-0.2, -0.15) is 0 Å². The van der Waals surface area contributed by atoms with Gasteiger partial charge in [-0.3, -0.25) is 0 Å². The Kier molecular flexibility index (Phi) is 5.71. The van der Waals surface area contributed by atoms with Gasteiger partial charge in [-0.05, 0) is 23.7 Å². The fourth-order valence-corrected chi connectivity index (χ4v) is 1.46. The van der Waals surface area contributed by atoms with Gasteiger partial charge in [0.1, 0.15) is 5.75 Å². The lowest BCUT2D eigenvalue weighted by Crippen LogP contribution is -2.18. The molecule has 0 heterocycles. The highest BCUT2D eigenvalue weighted by Gasteiger charge is 2.07. The molecule has 1 atom stereocenters. The van der Waals surface area contributed by atoms with Crippen LogP contribution in [0, 0.1) is 5.92 Å². The Balaban J connectivity index is 2.45. The Labute approximate surface area is 102 Å². The largest absolute Gasteiger partial charge is 0.493 e. The minimum Gasteiger partial charge on any atom is -0.493 e. The number of aliphatic hydroxyl groups is 1. The van der Waals surface area contributed by atoms with Crippen molar-refractivity contribution in [1.29, 1.82) is 0 Å². The maximum atomic E-state index is 9.01. The number of ether oxygens (including phenoxy) is 1. The fraction of sp³-hybridized carbons (Fsp3) is 0.400. The third kappa shape index (κ3) is 4.53. The maximum Gasteiger partial charge on any atom is 0.120 e. The number of azide groups is 1. The molecule has 0 amide bonds. The summed E-state index contributed by atoms with van der Waals surface area (Å²) in [5.74, 6) is 0.545. The van der Waals surface area contributed by atoms with E-state index >= 15 is 0 Å². The number of halogens is 1. The lowest BCUT2D eigenvalue weighted by molar-refractivity contribution is 0.167. The molecule has 0 unspecified atom stereocenters. The van der Waals surface area contributed by atoms with Crippen molar-refractivity contribution in [2.75, 3.05) is 19.8 Å². The van der Waals surface area contributed by atoms with Gasteiger partial charge >= 0.3 is 0 Å². The van der Waals surface area contributed by atoms with Crippen LogP contribution < -0.4 is 4.74 Å². The molecule has 1 rings (SSSR count). The zero-order valence-corrected chi connectivity index (χ0v) is 10.2. The van der Waals surface area contributed by atoms with Gasteiger partial charge in [0.25, 0.3) is 0 Å². The molecule has 0 saturated heterocycles.